The van der Waals surface area contributed by atoms with Crippen molar-refractivity contribution in [3.05, 3.63) is 75.5 Å². The lowest BCUT2D eigenvalue weighted by Gasteiger charge is -2.10. The molecule has 0 bridgehead atoms. The van der Waals surface area contributed by atoms with E-state index < -0.39 is 0 Å². The number of amides is 1. The van der Waals surface area contributed by atoms with E-state index in [1.165, 1.54) is 0 Å². The summed E-state index contributed by atoms with van der Waals surface area (Å²) in [6, 6.07) is 14.2. The Balaban J connectivity index is 1.84. The van der Waals surface area contributed by atoms with Gasteiger partial charge in [0.1, 0.15) is 5.69 Å². The predicted molar refractivity (Wildman–Crippen MR) is 106 cm³/mol. The monoisotopic (exact) mass is 386 g/mol. The molecule has 0 radical (unpaired) electrons. The van der Waals surface area contributed by atoms with E-state index in [1.54, 1.807) is 43.3 Å². The Bertz CT molecular complexity index is 976. The van der Waals surface area contributed by atoms with E-state index in [1.807, 2.05) is 19.1 Å². The number of anilines is 3. The molecule has 0 aliphatic heterocycles. The average Bonchev–Trinajstić information content (AvgIpc) is 2.59. The van der Waals surface area contributed by atoms with Crippen LogP contribution in [0.2, 0.25) is 10.0 Å². The topological polar surface area (TPSA) is 66.9 Å². The zero-order valence-corrected chi connectivity index (χ0v) is 15.7. The predicted octanol–water partition coefficient (Wildman–Crippen LogP) is 5.40. The van der Waals surface area contributed by atoms with Crippen LogP contribution < -0.4 is 10.6 Å². The Morgan fingerprint density at radius 3 is 2.46 bits per heavy atom. The third-order valence-corrected chi connectivity index (χ3v) is 4.37. The van der Waals surface area contributed by atoms with Crippen LogP contribution in [-0.4, -0.2) is 15.9 Å². The van der Waals surface area contributed by atoms with E-state index in [4.69, 9.17) is 23.2 Å². The van der Waals surface area contributed by atoms with Crippen molar-refractivity contribution >= 4 is 46.4 Å². The van der Waals surface area contributed by atoms with Crippen molar-refractivity contribution in [3.8, 4) is 0 Å². The van der Waals surface area contributed by atoms with E-state index >= 15 is 0 Å². The van der Waals surface area contributed by atoms with Gasteiger partial charge in [-0.25, -0.2) is 9.97 Å². The summed E-state index contributed by atoms with van der Waals surface area (Å²) < 4.78 is 0. The average molecular weight is 387 g/mol. The van der Waals surface area contributed by atoms with Crippen LogP contribution in [0.15, 0.2) is 48.5 Å². The number of aromatic nitrogens is 2. The van der Waals surface area contributed by atoms with Crippen LogP contribution in [0.1, 0.15) is 21.7 Å². The van der Waals surface area contributed by atoms with Crippen LogP contribution in [-0.2, 0) is 0 Å². The third-order valence-electron chi connectivity index (χ3n) is 3.64. The van der Waals surface area contributed by atoms with Gasteiger partial charge >= 0.3 is 0 Å². The fourth-order valence-electron chi connectivity index (χ4n) is 2.29. The number of rotatable bonds is 4. The molecule has 0 spiro atoms. The van der Waals surface area contributed by atoms with Crippen molar-refractivity contribution < 1.29 is 4.79 Å². The summed E-state index contributed by atoms with van der Waals surface area (Å²) in [5.74, 6) is -0.0529. The summed E-state index contributed by atoms with van der Waals surface area (Å²) in [5, 5.41) is 6.92. The molecule has 0 unspecified atom stereocenters. The highest BCUT2D eigenvalue weighted by molar-refractivity contribution is 6.33. The lowest BCUT2D eigenvalue weighted by atomic mass is 10.2. The van der Waals surface area contributed by atoms with Crippen LogP contribution in [0, 0.1) is 13.8 Å². The van der Waals surface area contributed by atoms with Crippen LogP contribution in [0.25, 0.3) is 0 Å². The summed E-state index contributed by atoms with van der Waals surface area (Å²) in [7, 11) is 0. The molecule has 1 aromatic heterocycles. The van der Waals surface area contributed by atoms with Crippen molar-refractivity contribution in [2.24, 2.45) is 0 Å². The van der Waals surface area contributed by atoms with Gasteiger partial charge < -0.3 is 10.6 Å². The van der Waals surface area contributed by atoms with Gasteiger partial charge in [0.05, 0.1) is 10.7 Å². The van der Waals surface area contributed by atoms with Crippen molar-refractivity contribution in [1.29, 1.82) is 0 Å². The van der Waals surface area contributed by atoms with E-state index in [-0.39, 0.29) is 11.6 Å². The Hall–Kier alpha value is -2.63. The molecule has 7 heteroatoms. The lowest BCUT2D eigenvalue weighted by Crippen LogP contribution is -2.15. The van der Waals surface area contributed by atoms with E-state index in [0.717, 1.165) is 11.3 Å². The molecule has 3 rings (SSSR count). The van der Waals surface area contributed by atoms with Gasteiger partial charge in [0.15, 0.2) is 0 Å². The molecule has 0 aliphatic rings. The van der Waals surface area contributed by atoms with Crippen LogP contribution >= 0.6 is 23.2 Å². The number of halogens is 2. The smallest absolute Gasteiger partial charge is 0.274 e. The molecule has 5 nitrogen and oxygen atoms in total. The van der Waals surface area contributed by atoms with E-state index in [9.17, 15) is 4.79 Å². The third kappa shape index (κ3) is 4.31. The van der Waals surface area contributed by atoms with Gasteiger partial charge in [0.2, 0.25) is 5.95 Å². The maximum atomic E-state index is 12.5. The van der Waals surface area contributed by atoms with Gasteiger partial charge in [-0.15, -0.1) is 0 Å². The molecule has 0 saturated carbocycles. The minimum atomic E-state index is -0.367. The van der Waals surface area contributed by atoms with Crippen molar-refractivity contribution in [1.82, 2.24) is 9.97 Å². The first-order valence-corrected chi connectivity index (χ1v) is 8.63. The molecule has 26 heavy (non-hydrogen) atoms. The van der Waals surface area contributed by atoms with Crippen molar-refractivity contribution in [2.75, 3.05) is 10.6 Å². The minimum Gasteiger partial charge on any atom is -0.324 e. The molecule has 0 saturated heterocycles. The Morgan fingerprint density at radius 1 is 0.962 bits per heavy atom. The number of hydrogen-bond acceptors (Lipinski definition) is 4. The highest BCUT2D eigenvalue weighted by Crippen LogP contribution is 2.23. The Morgan fingerprint density at radius 2 is 1.73 bits per heavy atom. The molecule has 2 aromatic carbocycles. The second-order valence-corrected chi connectivity index (χ2v) is 6.56. The van der Waals surface area contributed by atoms with Crippen LogP contribution in [0.5, 0.6) is 0 Å². The molecule has 1 amide bonds. The number of carbonyl (C=O) groups is 1. The van der Waals surface area contributed by atoms with Gasteiger partial charge in [0, 0.05) is 16.4 Å². The second-order valence-electron chi connectivity index (χ2n) is 5.74. The van der Waals surface area contributed by atoms with Gasteiger partial charge in [-0.1, -0.05) is 41.4 Å². The van der Waals surface area contributed by atoms with Gasteiger partial charge in [-0.2, -0.15) is 0 Å². The highest BCUT2D eigenvalue weighted by atomic mass is 35.5. The molecule has 1 heterocycles. The molecule has 132 valence electrons. The highest BCUT2D eigenvalue weighted by Gasteiger charge is 2.13. The molecule has 0 aliphatic carbocycles. The maximum Gasteiger partial charge on any atom is 0.274 e. The summed E-state index contributed by atoms with van der Waals surface area (Å²) >= 11 is 12.2. The molecule has 3 aromatic rings. The number of nitrogens with one attached hydrogen (secondary N) is 2. The summed E-state index contributed by atoms with van der Waals surface area (Å²) in [5.41, 5.74) is 3.13. The van der Waals surface area contributed by atoms with Crippen molar-refractivity contribution in [3.63, 3.8) is 0 Å². The number of hydrogen-bond donors (Lipinski definition) is 2. The van der Waals surface area contributed by atoms with Crippen molar-refractivity contribution in [2.45, 2.75) is 13.8 Å². The molecular formula is C19H16Cl2N4O. The zero-order valence-electron chi connectivity index (χ0n) is 14.2. The zero-order chi connectivity index (χ0) is 18.7. The first-order chi connectivity index (χ1) is 12.4. The molecule has 0 fully saturated rings. The maximum absolute atomic E-state index is 12.5. The Labute approximate surface area is 161 Å². The quantitative estimate of drug-likeness (QED) is 0.629. The molecular weight excluding hydrogens is 371 g/mol. The van der Waals surface area contributed by atoms with Crippen LogP contribution in [0.3, 0.4) is 0 Å². The SMILES string of the molecule is Cc1cc(C(=O)Nc2ccccc2Cl)nc(Nc2ccc(C)c(Cl)c2)n1. The fraction of sp³-hybridized carbons (Fsp3) is 0.105. The number of nitrogens with zero attached hydrogens (tertiary/aromatic N) is 2. The standard InChI is InChI=1S/C19H16Cl2N4O/c1-11-7-8-13(10-15(11)21)23-19-22-12(2)9-17(25-19)18(26)24-16-6-4-3-5-14(16)20/h3-10H,1-2H3,(H,24,26)(H,22,23,25). The largest absolute Gasteiger partial charge is 0.324 e. The molecule has 0 atom stereocenters. The normalized spacial score (nSPS) is 10.5. The second kappa shape index (κ2) is 7.72. The lowest BCUT2D eigenvalue weighted by molar-refractivity contribution is 0.102. The minimum absolute atomic E-state index is 0.234. The number of carbonyl (C=O) groups excluding carboxylic acids is 1. The van der Waals surface area contributed by atoms with E-state index in [2.05, 4.69) is 20.6 Å². The number of benzene rings is 2. The van der Waals surface area contributed by atoms with Crippen LogP contribution in [0.4, 0.5) is 17.3 Å². The van der Waals surface area contributed by atoms with E-state index in [0.29, 0.717) is 27.4 Å². The summed E-state index contributed by atoms with van der Waals surface area (Å²) in [4.78, 5) is 21.1. The number of para-hydroxylation sites is 1. The summed E-state index contributed by atoms with van der Waals surface area (Å²) in [6.45, 7) is 3.72. The molecule has 2 N–H and O–H groups in total. The Kier molecular flexibility index (Phi) is 5.40. The summed E-state index contributed by atoms with van der Waals surface area (Å²) in [6.07, 6.45) is 0. The van der Waals surface area contributed by atoms with Gasteiger partial charge in [0.25, 0.3) is 5.91 Å². The number of aryl methyl sites for hydroxylation is 2. The first kappa shape index (κ1) is 18.2. The van der Waals surface area contributed by atoms with Gasteiger partial charge in [-0.05, 0) is 49.7 Å². The first-order valence-electron chi connectivity index (χ1n) is 7.87. The fourth-order valence-corrected chi connectivity index (χ4v) is 2.65. The van der Waals surface area contributed by atoms with Gasteiger partial charge in [-0.3, -0.25) is 4.79 Å².